The molecule has 4 nitrogen and oxygen atoms in total. The third kappa shape index (κ3) is 4.15. The summed E-state index contributed by atoms with van der Waals surface area (Å²) in [4.78, 5) is 14.4. The number of hydrogen-bond donors (Lipinski definition) is 2. The Kier molecular flexibility index (Phi) is 6.36. The van der Waals surface area contributed by atoms with Crippen LogP contribution < -0.4 is 16.0 Å². The Morgan fingerprint density at radius 2 is 1.75 bits per heavy atom. The number of hydrogen-bond acceptors (Lipinski definition) is 3. The minimum atomic E-state index is -0.191. The summed E-state index contributed by atoms with van der Waals surface area (Å²) in [6, 6.07) is 7.71. The number of carbonyl (C=O) groups excluding carboxylic acids is 1. The van der Waals surface area contributed by atoms with Gasteiger partial charge in [0.05, 0.1) is 0 Å². The van der Waals surface area contributed by atoms with E-state index in [1.807, 2.05) is 31.2 Å². The maximum absolute atomic E-state index is 12.3. The van der Waals surface area contributed by atoms with Crippen LogP contribution in [0.15, 0.2) is 24.3 Å². The largest absolute Gasteiger partial charge is 0.399 e. The van der Waals surface area contributed by atoms with Crippen molar-refractivity contribution in [2.45, 2.75) is 52.6 Å². The molecule has 1 unspecified atom stereocenters. The van der Waals surface area contributed by atoms with Crippen molar-refractivity contribution in [3.05, 3.63) is 24.3 Å². The Labute approximate surface area is 122 Å². The molecule has 1 aromatic carbocycles. The number of benzene rings is 1. The van der Waals surface area contributed by atoms with E-state index in [-0.39, 0.29) is 18.0 Å². The van der Waals surface area contributed by atoms with Gasteiger partial charge in [-0.15, -0.1) is 0 Å². The number of nitrogens with one attached hydrogen (secondary N) is 1. The van der Waals surface area contributed by atoms with E-state index in [1.165, 1.54) is 0 Å². The van der Waals surface area contributed by atoms with Crippen LogP contribution in [0.3, 0.4) is 0 Å². The first-order chi connectivity index (χ1) is 9.53. The second kappa shape index (κ2) is 7.78. The normalized spacial score (nSPS) is 12.2. The summed E-state index contributed by atoms with van der Waals surface area (Å²) in [5, 5.41) is 3.11. The molecule has 0 aliphatic rings. The van der Waals surface area contributed by atoms with E-state index < -0.39 is 0 Å². The zero-order valence-corrected chi connectivity index (χ0v) is 13.0. The lowest BCUT2D eigenvalue weighted by Gasteiger charge is -2.30. The fourth-order valence-corrected chi connectivity index (χ4v) is 2.30. The van der Waals surface area contributed by atoms with Gasteiger partial charge in [-0.2, -0.15) is 0 Å². The minimum Gasteiger partial charge on any atom is -0.399 e. The van der Waals surface area contributed by atoms with E-state index in [0.29, 0.717) is 0 Å². The molecule has 1 atom stereocenters. The standard InChI is InChI=1S/C16H27N3O/c1-5-14(6-2)18-16(20)12(4)19(7-3)15-10-8-13(17)9-11-15/h8-12,14H,5-7,17H2,1-4H3,(H,18,20). The molecule has 3 N–H and O–H groups in total. The van der Waals surface area contributed by atoms with Gasteiger partial charge in [-0.25, -0.2) is 0 Å². The van der Waals surface area contributed by atoms with E-state index in [4.69, 9.17) is 5.73 Å². The topological polar surface area (TPSA) is 58.4 Å². The van der Waals surface area contributed by atoms with Gasteiger partial charge in [-0.3, -0.25) is 4.79 Å². The summed E-state index contributed by atoms with van der Waals surface area (Å²) in [5.74, 6) is 0.0809. The van der Waals surface area contributed by atoms with Crippen molar-refractivity contribution in [3.8, 4) is 0 Å². The number of anilines is 2. The van der Waals surface area contributed by atoms with Gasteiger partial charge < -0.3 is 16.0 Å². The fourth-order valence-electron chi connectivity index (χ4n) is 2.30. The quantitative estimate of drug-likeness (QED) is 0.753. The summed E-state index contributed by atoms with van der Waals surface area (Å²) in [6.07, 6.45) is 1.92. The number of nitrogens with zero attached hydrogens (tertiary/aromatic N) is 1. The van der Waals surface area contributed by atoms with E-state index in [9.17, 15) is 4.79 Å². The minimum absolute atomic E-state index is 0.0809. The highest BCUT2D eigenvalue weighted by molar-refractivity contribution is 5.85. The highest BCUT2D eigenvalue weighted by Gasteiger charge is 2.21. The maximum Gasteiger partial charge on any atom is 0.242 e. The van der Waals surface area contributed by atoms with E-state index in [1.54, 1.807) is 0 Å². The molecule has 1 amide bonds. The van der Waals surface area contributed by atoms with Gasteiger partial charge >= 0.3 is 0 Å². The summed E-state index contributed by atoms with van der Waals surface area (Å²) in [7, 11) is 0. The Morgan fingerprint density at radius 1 is 1.20 bits per heavy atom. The molecule has 0 bridgehead atoms. The van der Waals surface area contributed by atoms with Gasteiger partial charge in [0, 0.05) is 24.0 Å². The smallest absolute Gasteiger partial charge is 0.242 e. The van der Waals surface area contributed by atoms with Crippen LogP contribution >= 0.6 is 0 Å². The second-order valence-electron chi connectivity index (χ2n) is 5.08. The van der Waals surface area contributed by atoms with Crippen molar-refractivity contribution in [1.29, 1.82) is 0 Å². The van der Waals surface area contributed by atoms with Gasteiger partial charge in [0.15, 0.2) is 0 Å². The molecule has 0 aromatic heterocycles. The highest BCUT2D eigenvalue weighted by Crippen LogP contribution is 2.18. The van der Waals surface area contributed by atoms with Crippen molar-refractivity contribution in [3.63, 3.8) is 0 Å². The molecule has 0 spiro atoms. The third-order valence-electron chi connectivity index (χ3n) is 3.74. The average molecular weight is 277 g/mol. The van der Waals surface area contributed by atoms with Crippen molar-refractivity contribution >= 4 is 17.3 Å². The van der Waals surface area contributed by atoms with Crippen molar-refractivity contribution in [2.75, 3.05) is 17.2 Å². The van der Waals surface area contributed by atoms with E-state index in [0.717, 1.165) is 30.8 Å². The molecule has 0 radical (unpaired) electrons. The molecule has 112 valence electrons. The predicted octanol–water partition coefficient (Wildman–Crippen LogP) is 2.79. The number of amides is 1. The summed E-state index contributed by atoms with van der Waals surface area (Å²) < 4.78 is 0. The molecule has 4 heteroatoms. The molecule has 0 aliphatic heterocycles. The molecule has 0 fully saturated rings. The Balaban J connectivity index is 2.78. The molecular weight excluding hydrogens is 250 g/mol. The van der Waals surface area contributed by atoms with Crippen LogP contribution in [0.2, 0.25) is 0 Å². The van der Waals surface area contributed by atoms with Gasteiger partial charge in [-0.05, 0) is 51.0 Å². The molecule has 0 saturated heterocycles. The average Bonchev–Trinajstić information content (AvgIpc) is 2.47. The monoisotopic (exact) mass is 277 g/mol. The zero-order chi connectivity index (χ0) is 15.1. The number of nitrogens with two attached hydrogens (primary N) is 1. The number of rotatable bonds is 7. The molecule has 0 aliphatic carbocycles. The van der Waals surface area contributed by atoms with E-state index in [2.05, 4.69) is 31.0 Å². The first-order valence-corrected chi connectivity index (χ1v) is 7.45. The summed E-state index contributed by atoms with van der Waals surface area (Å²) in [6.45, 7) is 8.96. The van der Waals surface area contributed by atoms with Gasteiger partial charge in [0.2, 0.25) is 5.91 Å². The number of carbonyl (C=O) groups is 1. The third-order valence-corrected chi connectivity index (χ3v) is 3.74. The molecule has 1 aromatic rings. The molecule has 20 heavy (non-hydrogen) atoms. The SMILES string of the molecule is CCC(CC)NC(=O)C(C)N(CC)c1ccc(N)cc1. The first-order valence-electron chi connectivity index (χ1n) is 7.45. The second-order valence-corrected chi connectivity index (χ2v) is 5.08. The Bertz CT molecular complexity index is 412. The summed E-state index contributed by atoms with van der Waals surface area (Å²) >= 11 is 0. The molecule has 1 rings (SSSR count). The molecular formula is C16H27N3O. The van der Waals surface area contributed by atoms with Crippen LogP contribution in [0.4, 0.5) is 11.4 Å². The number of nitrogen functional groups attached to an aromatic ring is 1. The Morgan fingerprint density at radius 3 is 2.20 bits per heavy atom. The number of likely N-dealkylation sites (N-methyl/N-ethyl adjacent to an activating group) is 1. The maximum atomic E-state index is 12.3. The van der Waals surface area contributed by atoms with Crippen LogP contribution in [0.25, 0.3) is 0 Å². The lowest BCUT2D eigenvalue weighted by Crippen LogP contribution is -2.48. The van der Waals surface area contributed by atoms with Gasteiger partial charge in [0.1, 0.15) is 6.04 Å². The van der Waals surface area contributed by atoms with E-state index >= 15 is 0 Å². The van der Waals surface area contributed by atoms with Crippen molar-refractivity contribution < 1.29 is 4.79 Å². The van der Waals surface area contributed by atoms with Crippen LogP contribution in [-0.4, -0.2) is 24.5 Å². The molecule has 0 heterocycles. The van der Waals surface area contributed by atoms with Crippen LogP contribution in [0, 0.1) is 0 Å². The first kappa shape index (κ1) is 16.3. The lowest BCUT2D eigenvalue weighted by atomic mass is 10.1. The van der Waals surface area contributed by atoms with Crippen molar-refractivity contribution in [2.24, 2.45) is 0 Å². The molecule has 0 saturated carbocycles. The lowest BCUT2D eigenvalue weighted by molar-refractivity contribution is -0.122. The van der Waals surface area contributed by atoms with Gasteiger partial charge in [-0.1, -0.05) is 13.8 Å². The van der Waals surface area contributed by atoms with Gasteiger partial charge in [0.25, 0.3) is 0 Å². The highest BCUT2D eigenvalue weighted by atomic mass is 16.2. The van der Waals surface area contributed by atoms with Crippen LogP contribution in [0.1, 0.15) is 40.5 Å². The predicted molar refractivity (Wildman–Crippen MR) is 85.8 cm³/mol. The zero-order valence-electron chi connectivity index (χ0n) is 13.0. The van der Waals surface area contributed by atoms with Crippen LogP contribution in [0.5, 0.6) is 0 Å². The Hall–Kier alpha value is -1.71. The summed E-state index contributed by atoms with van der Waals surface area (Å²) in [5.41, 5.74) is 7.47. The van der Waals surface area contributed by atoms with Crippen LogP contribution in [-0.2, 0) is 4.79 Å². The fraction of sp³-hybridized carbons (Fsp3) is 0.562. The van der Waals surface area contributed by atoms with Crippen molar-refractivity contribution in [1.82, 2.24) is 5.32 Å².